The SMILES string of the molecule is CC1=C(C(=O)OC(C)C)C(c2ccon2)n2c(nc3ccccc32)N1. The van der Waals surface area contributed by atoms with Gasteiger partial charge in [0.1, 0.15) is 18.0 Å². The summed E-state index contributed by atoms with van der Waals surface area (Å²) in [6.45, 7) is 5.49. The van der Waals surface area contributed by atoms with Crippen LogP contribution in [0.1, 0.15) is 32.5 Å². The first-order chi connectivity index (χ1) is 12.1. The van der Waals surface area contributed by atoms with Crippen LogP contribution >= 0.6 is 0 Å². The Morgan fingerprint density at radius 1 is 1.32 bits per heavy atom. The number of anilines is 1. The number of aromatic nitrogens is 3. The lowest BCUT2D eigenvalue weighted by Gasteiger charge is -2.28. The van der Waals surface area contributed by atoms with Gasteiger partial charge in [0.15, 0.2) is 0 Å². The summed E-state index contributed by atoms with van der Waals surface area (Å²) < 4.78 is 12.5. The molecule has 1 aliphatic heterocycles. The average molecular weight is 338 g/mol. The van der Waals surface area contributed by atoms with Crippen LogP contribution in [0.25, 0.3) is 11.0 Å². The molecule has 128 valence electrons. The summed E-state index contributed by atoms with van der Waals surface area (Å²) in [7, 11) is 0. The fourth-order valence-electron chi connectivity index (χ4n) is 3.15. The number of fused-ring (bicyclic) bond motifs is 3. The largest absolute Gasteiger partial charge is 0.459 e. The minimum Gasteiger partial charge on any atom is -0.459 e. The number of hydrogen-bond donors (Lipinski definition) is 1. The lowest BCUT2D eigenvalue weighted by molar-refractivity contribution is -0.143. The van der Waals surface area contributed by atoms with Gasteiger partial charge in [-0.05, 0) is 32.9 Å². The molecular weight excluding hydrogens is 320 g/mol. The van der Waals surface area contributed by atoms with Crippen LogP contribution in [-0.2, 0) is 9.53 Å². The zero-order valence-corrected chi connectivity index (χ0v) is 14.2. The van der Waals surface area contributed by atoms with Crippen LogP contribution in [-0.4, -0.2) is 26.8 Å². The van der Waals surface area contributed by atoms with Crippen molar-refractivity contribution in [2.75, 3.05) is 5.32 Å². The fourth-order valence-corrected chi connectivity index (χ4v) is 3.15. The number of nitrogens with zero attached hydrogens (tertiary/aromatic N) is 3. The number of para-hydroxylation sites is 2. The number of hydrogen-bond acceptors (Lipinski definition) is 6. The van der Waals surface area contributed by atoms with Crippen molar-refractivity contribution in [3.8, 4) is 0 Å². The molecule has 1 atom stereocenters. The van der Waals surface area contributed by atoms with Crippen molar-refractivity contribution in [1.29, 1.82) is 0 Å². The summed E-state index contributed by atoms with van der Waals surface area (Å²) in [5.41, 5.74) is 3.56. The highest BCUT2D eigenvalue weighted by Gasteiger charge is 2.36. The Morgan fingerprint density at radius 3 is 2.84 bits per heavy atom. The van der Waals surface area contributed by atoms with E-state index in [0.717, 1.165) is 11.0 Å². The normalized spacial score (nSPS) is 16.9. The number of carbonyl (C=O) groups is 1. The number of imidazole rings is 1. The fraction of sp³-hybridized carbons (Fsp3) is 0.278. The molecule has 2 aromatic heterocycles. The minimum absolute atomic E-state index is 0.216. The zero-order valence-electron chi connectivity index (χ0n) is 14.2. The molecule has 0 amide bonds. The van der Waals surface area contributed by atoms with Crippen LogP contribution in [0.15, 0.2) is 52.4 Å². The number of carbonyl (C=O) groups excluding carboxylic acids is 1. The molecule has 0 saturated heterocycles. The first-order valence-corrected chi connectivity index (χ1v) is 8.12. The van der Waals surface area contributed by atoms with Crippen LogP contribution in [0.4, 0.5) is 5.95 Å². The lowest BCUT2D eigenvalue weighted by atomic mass is 9.99. The monoisotopic (exact) mass is 338 g/mol. The van der Waals surface area contributed by atoms with Gasteiger partial charge in [-0.15, -0.1) is 0 Å². The summed E-state index contributed by atoms with van der Waals surface area (Å²) in [5.74, 6) is 0.282. The average Bonchev–Trinajstić information content (AvgIpc) is 3.20. The highest BCUT2D eigenvalue weighted by atomic mass is 16.5. The van der Waals surface area contributed by atoms with E-state index in [4.69, 9.17) is 9.26 Å². The third kappa shape index (κ3) is 2.48. The van der Waals surface area contributed by atoms with E-state index in [2.05, 4.69) is 15.5 Å². The molecule has 1 unspecified atom stereocenters. The van der Waals surface area contributed by atoms with E-state index in [-0.39, 0.29) is 12.1 Å². The molecule has 0 radical (unpaired) electrons. The van der Waals surface area contributed by atoms with Crippen LogP contribution in [0.3, 0.4) is 0 Å². The molecule has 0 bridgehead atoms. The standard InChI is InChI=1S/C18H18N4O3/c1-10(2)25-17(23)15-11(3)19-18-20-12-6-4-5-7-14(12)22(18)16(15)13-8-9-24-21-13/h4-10,16H,1-3H3,(H,19,20). The Kier molecular flexibility index (Phi) is 3.56. The maximum absolute atomic E-state index is 12.8. The van der Waals surface area contributed by atoms with E-state index < -0.39 is 6.04 Å². The van der Waals surface area contributed by atoms with E-state index in [1.165, 1.54) is 6.26 Å². The van der Waals surface area contributed by atoms with Gasteiger partial charge in [-0.2, -0.15) is 0 Å². The topological polar surface area (TPSA) is 82.2 Å². The van der Waals surface area contributed by atoms with Crippen molar-refractivity contribution in [2.45, 2.75) is 32.9 Å². The van der Waals surface area contributed by atoms with E-state index in [9.17, 15) is 4.79 Å². The highest BCUT2D eigenvalue weighted by Crippen LogP contribution is 2.38. The molecule has 7 heteroatoms. The van der Waals surface area contributed by atoms with Gasteiger partial charge in [-0.3, -0.25) is 4.57 Å². The molecule has 1 aromatic carbocycles. The summed E-state index contributed by atoms with van der Waals surface area (Å²) in [6.07, 6.45) is 1.28. The van der Waals surface area contributed by atoms with Gasteiger partial charge >= 0.3 is 5.97 Å². The molecule has 0 spiro atoms. The van der Waals surface area contributed by atoms with Gasteiger partial charge in [0.2, 0.25) is 5.95 Å². The first-order valence-electron chi connectivity index (χ1n) is 8.12. The molecule has 1 N–H and O–H groups in total. The van der Waals surface area contributed by atoms with Crippen LogP contribution < -0.4 is 5.32 Å². The maximum Gasteiger partial charge on any atom is 0.338 e. The van der Waals surface area contributed by atoms with Crippen molar-refractivity contribution in [3.63, 3.8) is 0 Å². The third-order valence-electron chi connectivity index (χ3n) is 4.13. The molecule has 25 heavy (non-hydrogen) atoms. The third-order valence-corrected chi connectivity index (χ3v) is 4.13. The summed E-state index contributed by atoms with van der Waals surface area (Å²) in [4.78, 5) is 17.4. The Labute approximate surface area is 144 Å². The van der Waals surface area contributed by atoms with Crippen molar-refractivity contribution in [2.24, 2.45) is 0 Å². The van der Waals surface area contributed by atoms with Crippen LogP contribution in [0.5, 0.6) is 0 Å². The molecule has 1 aliphatic rings. The number of rotatable bonds is 3. The van der Waals surface area contributed by atoms with Crippen molar-refractivity contribution < 1.29 is 14.1 Å². The number of ether oxygens (including phenoxy) is 1. The molecule has 0 saturated carbocycles. The van der Waals surface area contributed by atoms with Crippen molar-refractivity contribution in [3.05, 3.63) is 53.6 Å². The number of nitrogens with one attached hydrogen (secondary N) is 1. The smallest absolute Gasteiger partial charge is 0.338 e. The molecular formula is C18H18N4O3. The van der Waals surface area contributed by atoms with Gasteiger partial charge in [0.05, 0.1) is 22.7 Å². The second-order valence-corrected chi connectivity index (χ2v) is 6.24. The Morgan fingerprint density at radius 2 is 2.12 bits per heavy atom. The van der Waals surface area contributed by atoms with Gasteiger partial charge in [-0.1, -0.05) is 17.3 Å². The van der Waals surface area contributed by atoms with Gasteiger partial charge in [0.25, 0.3) is 0 Å². The van der Waals surface area contributed by atoms with Crippen molar-refractivity contribution in [1.82, 2.24) is 14.7 Å². The number of esters is 1. The Bertz CT molecular complexity index is 970. The second-order valence-electron chi connectivity index (χ2n) is 6.24. The van der Waals surface area contributed by atoms with Gasteiger partial charge < -0.3 is 14.6 Å². The van der Waals surface area contributed by atoms with Gasteiger partial charge in [-0.25, -0.2) is 9.78 Å². The predicted molar refractivity (Wildman–Crippen MR) is 91.9 cm³/mol. The Hall–Kier alpha value is -3.09. The van der Waals surface area contributed by atoms with Crippen LogP contribution in [0, 0.1) is 0 Å². The van der Waals surface area contributed by atoms with Crippen molar-refractivity contribution >= 4 is 23.0 Å². The van der Waals surface area contributed by atoms with E-state index in [0.29, 0.717) is 22.9 Å². The zero-order chi connectivity index (χ0) is 17.6. The molecule has 0 fully saturated rings. The second kappa shape index (κ2) is 5.77. The van der Waals surface area contributed by atoms with E-state index in [1.54, 1.807) is 6.07 Å². The number of benzene rings is 1. The Balaban J connectivity index is 1.94. The number of allylic oxidation sites excluding steroid dienone is 1. The highest BCUT2D eigenvalue weighted by molar-refractivity contribution is 5.94. The van der Waals surface area contributed by atoms with E-state index in [1.807, 2.05) is 49.6 Å². The van der Waals surface area contributed by atoms with Crippen LogP contribution in [0.2, 0.25) is 0 Å². The molecule has 3 heterocycles. The lowest BCUT2D eigenvalue weighted by Crippen LogP contribution is -2.30. The quantitative estimate of drug-likeness (QED) is 0.738. The summed E-state index contributed by atoms with van der Waals surface area (Å²) >= 11 is 0. The molecule has 3 aromatic rings. The maximum atomic E-state index is 12.8. The first kappa shape index (κ1) is 15.4. The molecule has 4 rings (SSSR count). The molecule has 7 nitrogen and oxygen atoms in total. The summed E-state index contributed by atoms with van der Waals surface area (Å²) in [6, 6.07) is 9.06. The van der Waals surface area contributed by atoms with E-state index >= 15 is 0 Å². The summed E-state index contributed by atoms with van der Waals surface area (Å²) in [5, 5.41) is 7.30. The molecule has 0 aliphatic carbocycles. The van der Waals surface area contributed by atoms with Gasteiger partial charge in [0, 0.05) is 11.8 Å². The predicted octanol–water partition coefficient (Wildman–Crippen LogP) is 3.26. The minimum atomic E-state index is -0.464.